The molecule has 110 valence electrons. The van der Waals surface area contributed by atoms with E-state index in [1.54, 1.807) is 0 Å². The van der Waals surface area contributed by atoms with Crippen LogP contribution in [0.2, 0.25) is 0 Å². The van der Waals surface area contributed by atoms with Gasteiger partial charge in [0.15, 0.2) is 0 Å². The molecule has 3 heteroatoms. The van der Waals surface area contributed by atoms with Crippen molar-refractivity contribution in [2.24, 2.45) is 5.92 Å². The van der Waals surface area contributed by atoms with Gasteiger partial charge >= 0.3 is 0 Å². The van der Waals surface area contributed by atoms with E-state index in [1.165, 1.54) is 43.5 Å². The SMILES string of the molecule is Cc1ccc(N2CCNC(C3CCCCC3)C2)c(C)n1. The van der Waals surface area contributed by atoms with Gasteiger partial charge in [0.2, 0.25) is 0 Å². The quantitative estimate of drug-likeness (QED) is 0.897. The van der Waals surface area contributed by atoms with Crippen LogP contribution in [-0.4, -0.2) is 30.7 Å². The third-order valence-electron chi connectivity index (χ3n) is 4.96. The van der Waals surface area contributed by atoms with E-state index in [0.717, 1.165) is 31.2 Å². The summed E-state index contributed by atoms with van der Waals surface area (Å²) >= 11 is 0. The molecule has 20 heavy (non-hydrogen) atoms. The molecule has 3 nitrogen and oxygen atoms in total. The molecule has 1 aromatic heterocycles. The highest BCUT2D eigenvalue weighted by molar-refractivity contribution is 5.51. The Hall–Kier alpha value is -1.09. The molecule has 2 fully saturated rings. The van der Waals surface area contributed by atoms with E-state index in [-0.39, 0.29) is 0 Å². The Morgan fingerprint density at radius 2 is 1.95 bits per heavy atom. The molecule has 1 saturated heterocycles. The van der Waals surface area contributed by atoms with Crippen LogP contribution < -0.4 is 10.2 Å². The number of aryl methyl sites for hydroxylation is 2. The molecule has 0 amide bonds. The van der Waals surface area contributed by atoms with E-state index >= 15 is 0 Å². The average molecular weight is 273 g/mol. The van der Waals surface area contributed by atoms with Gasteiger partial charge < -0.3 is 10.2 Å². The van der Waals surface area contributed by atoms with Crippen LogP contribution >= 0.6 is 0 Å². The third-order valence-corrected chi connectivity index (χ3v) is 4.96. The zero-order chi connectivity index (χ0) is 13.9. The molecule has 1 atom stereocenters. The lowest BCUT2D eigenvalue weighted by Gasteiger charge is -2.40. The number of aromatic nitrogens is 1. The summed E-state index contributed by atoms with van der Waals surface area (Å²) in [6.45, 7) is 7.57. The van der Waals surface area contributed by atoms with E-state index in [1.807, 2.05) is 0 Å². The van der Waals surface area contributed by atoms with Crippen molar-refractivity contribution in [3.05, 3.63) is 23.5 Å². The number of piperazine rings is 1. The van der Waals surface area contributed by atoms with Crippen LogP contribution in [0, 0.1) is 19.8 Å². The van der Waals surface area contributed by atoms with Gasteiger partial charge in [0, 0.05) is 31.4 Å². The summed E-state index contributed by atoms with van der Waals surface area (Å²) in [6, 6.07) is 5.06. The summed E-state index contributed by atoms with van der Waals surface area (Å²) in [5.74, 6) is 0.880. The Balaban J connectivity index is 1.71. The Bertz CT molecular complexity index is 452. The summed E-state index contributed by atoms with van der Waals surface area (Å²) in [6.07, 6.45) is 7.11. The molecule has 0 bridgehead atoms. The highest BCUT2D eigenvalue weighted by atomic mass is 15.2. The molecular formula is C17H27N3. The van der Waals surface area contributed by atoms with Gasteiger partial charge in [0.05, 0.1) is 11.4 Å². The minimum Gasteiger partial charge on any atom is -0.367 e. The van der Waals surface area contributed by atoms with Crippen molar-refractivity contribution in [2.75, 3.05) is 24.5 Å². The molecule has 2 aliphatic rings. The van der Waals surface area contributed by atoms with E-state index in [0.29, 0.717) is 6.04 Å². The Kier molecular flexibility index (Phi) is 4.25. The first kappa shape index (κ1) is 13.9. The number of rotatable bonds is 2. The van der Waals surface area contributed by atoms with Crippen molar-refractivity contribution in [1.82, 2.24) is 10.3 Å². The van der Waals surface area contributed by atoms with Gasteiger partial charge in [-0.05, 0) is 44.7 Å². The molecule has 2 heterocycles. The number of anilines is 1. The van der Waals surface area contributed by atoms with Crippen LogP contribution in [0.5, 0.6) is 0 Å². The van der Waals surface area contributed by atoms with Crippen LogP contribution in [0.3, 0.4) is 0 Å². The van der Waals surface area contributed by atoms with E-state index < -0.39 is 0 Å². The van der Waals surface area contributed by atoms with Crippen LogP contribution in [0.15, 0.2) is 12.1 Å². The van der Waals surface area contributed by atoms with Crippen LogP contribution in [0.1, 0.15) is 43.5 Å². The lowest BCUT2D eigenvalue weighted by Crippen LogP contribution is -2.54. The molecule has 1 aromatic rings. The van der Waals surface area contributed by atoms with E-state index in [2.05, 4.69) is 41.2 Å². The smallest absolute Gasteiger partial charge is 0.0608 e. The maximum absolute atomic E-state index is 4.62. The Morgan fingerprint density at radius 3 is 2.70 bits per heavy atom. The van der Waals surface area contributed by atoms with Crippen molar-refractivity contribution in [2.45, 2.75) is 52.0 Å². The average Bonchev–Trinajstić information content (AvgIpc) is 2.48. The molecule has 1 N–H and O–H groups in total. The summed E-state index contributed by atoms with van der Waals surface area (Å²) in [5, 5.41) is 3.76. The lowest BCUT2D eigenvalue weighted by molar-refractivity contribution is 0.257. The summed E-state index contributed by atoms with van der Waals surface area (Å²) in [7, 11) is 0. The molecular weight excluding hydrogens is 246 g/mol. The molecule has 0 aromatic carbocycles. The summed E-state index contributed by atoms with van der Waals surface area (Å²) in [4.78, 5) is 7.16. The molecule has 1 aliphatic heterocycles. The highest BCUT2D eigenvalue weighted by Gasteiger charge is 2.28. The first-order valence-electron chi connectivity index (χ1n) is 8.16. The van der Waals surface area contributed by atoms with Gasteiger partial charge in [-0.3, -0.25) is 4.98 Å². The molecule has 3 rings (SSSR count). The standard InChI is InChI=1S/C17H27N3/c1-13-8-9-17(14(2)19-13)20-11-10-18-16(12-20)15-6-4-3-5-7-15/h8-9,15-16,18H,3-7,10-12H2,1-2H3. The van der Waals surface area contributed by atoms with E-state index in [9.17, 15) is 0 Å². The first-order valence-corrected chi connectivity index (χ1v) is 8.16. The highest BCUT2D eigenvalue weighted by Crippen LogP contribution is 2.29. The van der Waals surface area contributed by atoms with Crippen molar-refractivity contribution in [1.29, 1.82) is 0 Å². The monoisotopic (exact) mass is 273 g/mol. The van der Waals surface area contributed by atoms with Gasteiger partial charge in [0.1, 0.15) is 0 Å². The second-order valence-corrected chi connectivity index (χ2v) is 6.46. The van der Waals surface area contributed by atoms with Crippen LogP contribution in [0.4, 0.5) is 5.69 Å². The van der Waals surface area contributed by atoms with E-state index in [4.69, 9.17) is 0 Å². The topological polar surface area (TPSA) is 28.2 Å². The minimum atomic E-state index is 0.671. The maximum atomic E-state index is 4.62. The van der Waals surface area contributed by atoms with Crippen molar-refractivity contribution in [3.8, 4) is 0 Å². The van der Waals surface area contributed by atoms with Gasteiger partial charge in [-0.2, -0.15) is 0 Å². The fourth-order valence-electron chi connectivity index (χ4n) is 3.86. The van der Waals surface area contributed by atoms with Crippen LogP contribution in [-0.2, 0) is 0 Å². The lowest BCUT2D eigenvalue weighted by atomic mass is 9.83. The molecule has 1 unspecified atom stereocenters. The molecule has 1 saturated carbocycles. The first-order chi connectivity index (χ1) is 9.74. The summed E-state index contributed by atoms with van der Waals surface area (Å²) in [5.41, 5.74) is 3.62. The van der Waals surface area contributed by atoms with Crippen molar-refractivity contribution in [3.63, 3.8) is 0 Å². The van der Waals surface area contributed by atoms with Crippen LogP contribution in [0.25, 0.3) is 0 Å². The normalized spacial score (nSPS) is 24.9. The molecule has 0 radical (unpaired) electrons. The Labute approximate surface area is 122 Å². The number of nitrogens with zero attached hydrogens (tertiary/aromatic N) is 2. The number of hydrogen-bond acceptors (Lipinski definition) is 3. The summed E-state index contributed by atoms with van der Waals surface area (Å²) < 4.78 is 0. The third kappa shape index (κ3) is 2.98. The Morgan fingerprint density at radius 1 is 1.15 bits per heavy atom. The predicted octanol–water partition coefficient (Wildman–Crippen LogP) is 3.06. The van der Waals surface area contributed by atoms with Crippen molar-refractivity contribution < 1.29 is 0 Å². The maximum Gasteiger partial charge on any atom is 0.0608 e. The van der Waals surface area contributed by atoms with Gasteiger partial charge in [-0.15, -0.1) is 0 Å². The zero-order valence-electron chi connectivity index (χ0n) is 12.9. The zero-order valence-corrected chi connectivity index (χ0v) is 12.9. The minimum absolute atomic E-state index is 0.671. The number of nitrogens with one attached hydrogen (secondary N) is 1. The van der Waals surface area contributed by atoms with Gasteiger partial charge in [0.25, 0.3) is 0 Å². The number of hydrogen-bond donors (Lipinski definition) is 1. The predicted molar refractivity (Wildman–Crippen MR) is 84.3 cm³/mol. The second-order valence-electron chi connectivity index (χ2n) is 6.46. The molecule has 0 spiro atoms. The number of pyridine rings is 1. The fraction of sp³-hybridized carbons (Fsp3) is 0.706. The van der Waals surface area contributed by atoms with Crippen molar-refractivity contribution >= 4 is 5.69 Å². The fourth-order valence-corrected chi connectivity index (χ4v) is 3.86. The van der Waals surface area contributed by atoms with Gasteiger partial charge in [-0.25, -0.2) is 0 Å². The second kappa shape index (κ2) is 6.13. The largest absolute Gasteiger partial charge is 0.367 e. The molecule has 1 aliphatic carbocycles. The van der Waals surface area contributed by atoms with Gasteiger partial charge in [-0.1, -0.05) is 19.3 Å².